The van der Waals surface area contributed by atoms with Crippen LogP contribution in [-0.2, 0) is 13.1 Å². The number of imidazole rings is 2. The molecular formula is C19H26F2IN7. The molecule has 1 aromatic carbocycles. The summed E-state index contributed by atoms with van der Waals surface area (Å²) >= 11 is 0. The van der Waals surface area contributed by atoms with E-state index >= 15 is 0 Å². The molecule has 0 aliphatic carbocycles. The van der Waals surface area contributed by atoms with Crippen molar-refractivity contribution in [2.45, 2.75) is 39.9 Å². The van der Waals surface area contributed by atoms with E-state index in [2.05, 4.69) is 36.2 Å². The number of aromatic nitrogens is 4. The molecule has 0 spiro atoms. The number of rotatable bonds is 8. The van der Waals surface area contributed by atoms with Crippen molar-refractivity contribution in [1.82, 2.24) is 29.7 Å². The molecular weight excluding hydrogens is 491 g/mol. The topological polar surface area (TPSA) is 72.1 Å². The van der Waals surface area contributed by atoms with Crippen molar-refractivity contribution in [3.05, 3.63) is 48.3 Å². The number of guanidine groups is 1. The fourth-order valence-corrected chi connectivity index (χ4v) is 3.06. The summed E-state index contributed by atoms with van der Waals surface area (Å²) in [6, 6.07) is 8.08. The maximum absolute atomic E-state index is 12.9. The molecule has 0 radical (unpaired) electrons. The second-order valence-corrected chi connectivity index (χ2v) is 6.30. The quantitative estimate of drug-likeness (QED) is 0.207. The van der Waals surface area contributed by atoms with E-state index in [1.165, 1.54) is 12.4 Å². The number of nitrogens with zero attached hydrogens (tertiary/aromatic N) is 5. The van der Waals surface area contributed by atoms with E-state index in [1.807, 2.05) is 32.0 Å². The maximum atomic E-state index is 12.9. The number of aliphatic imine (C=N–C) groups is 1. The van der Waals surface area contributed by atoms with Crippen LogP contribution in [0.4, 0.5) is 8.78 Å². The molecule has 0 unspecified atom stereocenters. The number of halogens is 3. The lowest BCUT2D eigenvalue weighted by Gasteiger charge is -2.12. The Bertz CT molecular complexity index is 936. The van der Waals surface area contributed by atoms with Gasteiger partial charge in [-0.05, 0) is 32.4 Å². The Kier molecular flexibility index (Phi) is 8.80. The molecule has 0 amide bonds. The Labute approximate surface area is 185 Å². The number of nitrogens with one attached hydrogen (secondary N) is 2. The van der Waals surface area contributed by atoms with E-state index in [-0.39, 0.29) is 36.3 Å². The second kappa shape index (κ2) is 11.1. The molecule has 0 fully saturated rings. The van der Waals surface area contributed by atoms with Gasteiger partial charge in [-0.1, -0.05) is 12.1 Å². The van der Waals surface area contributed by atoms with Crippen LogP contribution in [0.3, 0.4) is 0 Å². The van der Waals surface area contributed by atoms with Crippen molar-refractivity contribution in [3.63, 3.8) is 0 Å². The first-order valence-corrected chi connectivity index (χ1v) is 9.34. The van der Waals surface area contributed by atoms with E-state index in [9.17, 15) is 8.78 Å². The fourth-order valence-electron chi connectivity index (χ4n) is 3.06. The molecule has 0 saturated carbocycles. The molecule has 10 heteroatoms. The van der Waals surface area contributed by atoms with Crippen LogP contribution in [0.1, 0.15) is 31.5 Å². The van der Waals surface area contributed by atoms with Crippen LogP contribution in [0.15, 0.2) is 41.7 Å². The molecule has 0 aliphatic heterocycles. The van der Waals surface area contributed by atoms with Gasteiger partial charge >= 0.3 is 6.55 Å². The summed E-state index contributed by atoms with van der Waals surface area (Å²) in [5.74, 6) is 1.80. The maximum Gasteiger partial charge on any atom is 0.319 e. The van der Waals surface area contributed by atoms with Gasteiger partial charge in [-0.2, -0.15) is 8.78 Å². The number of benzene rings is 1. The average molecular weight is 517 g/mol. The van der Waals surface area contributed by atoms with Gasteiger partial charge in [0.25, 0.3) is 0 Å². The van der Waals surface area contributed by atoms with Crippen LogP contribution in [0.2, 0.25) is 0 Å². The summed E-state index contributed by atoms with van der Waals surface area (Å²) in [5, 5.41) is 6.37. The molecule has 29 heavy (non-hydrogen) atoms. The zero-order chi connectivity index (χ0) is 19.9. The van der Waals surface area contributed by atoms with Crippen LogP contribution in [-0.4, -0.2) is 38.2 Å². The molecule has 0 aliphatic rings. The van der Waals surface area contributed by atoms with Crippen molar-refractivity contribution in [3.8, 4) is 0 Å². The highest BCUT2D eigenvalue weighted by Crippen LogP contribution is 2.15. The van der Waals surface area contributed by atoms with Crippen molar-refractivity contribution >= 4 is 41.0 Å². The summed E-state index contributed by atoms with van der Waals surface area (Å²) in [6.45, 7) is 3.63. The van der Waals surface area contributed by atoms with Gasteiger partial charge in [0.05, 0.1) is 11.0 Å². The first kappa shape index (κ1) is 23.0. The minimum Gasteiger partial charge on any atom is -0.357 e. The first-order valence-electron chi connectivity index (χ1n) is 9.34. The Morgan fingerprint density at radius 3 is 2.79 bits per heavy atom. The number of alkyl halides is 2. The molecule has 2 N–H and O–H groups in total. The van der Waals surface area contributed by atoms with Gasteiger partial charge in [0.15, 0.2) is 5.96 Å². The van der Waals surface area contributed by atoms with Crippen molar-refractivity contribution in [1.29, 1.82) is 0 Å². The van der Waals surface area contributed by atoms with Crippen LogP contribution >= 0.6 is 24.0 Å². The number of hydrogen-bond acceptors (Lipinski definition) is 3. The van der Waals surface area contributed by atoms with Crippen LogP contribution in [0.5, 0.6) is 0 Å². The number of fused-ring (bicyclic) bond motifs is 1. The first-order chi connectivity index (χ1) is 13.6. The lowest BCUT2D eigenvalue weighted by molar-refractivity contribution is 0.0671. The molecule has 2 heterocycles. The van der Waals surface area contributed by atoms with E-state index in [0.717, 1.165) is 34.4 Å². The monoisotopic (exact) mass is 517 g/mol. The SMILES string of the molecule is CCNC(=NCc1nccn1C(F)F)NCCCn1c(C)nc2ccccc21.I. The third-order valence-corrected chi connectivity index (χ3v) is 4.38. The van der Waals surface area contributed by atoms with Gasteiger partial charge < -0.3 is 15.2 Å². The van der Waals surface area contributed by atoms with Gasteiger partial charge in [0.1, 0.15) is 18.2 Å². The molecule has 7 nitrogen and oxygen atoms in total. The van der Waals surface area contributed by atoms with Crippen molar-refractivity contribution in [2.75, 3.05) is 13.1 Å². The van der Waals surface area contributed by atoms with Crippen LogP contribution in [0.25, 0.3) is 11.0 Å². The lowest BCUT2D eigenvalue weighted by atomic mass is 10.3. The van der Waals surface area contributed by atoms with Crippen LogP contribution < -0.4 is 10.6 Å². The predicted molar refractivity (Wildman–Crippen MR) is 121 cm³/mol. The summed E-state index contributed by atoms with van der Waals surface area (Å²) in [7, 11) is 0. The standard InChI is InChI=1S/C19H25F2N7.HI/c1-3-22-19(25-13-17-23-10-12-28(17)18(20)21)24-9-6-11-27-14(2)26-15-7-4-5-8-16(15)27;/h4-5,7-8,10,12,18H,3,6,9,11,13H2,1-2H3,(H2,22,24,25);1H. The highest BCUT2D eigenvalue weighted by molar-refractivity contribution is 14.0. The number of para-hydroxylation sites is 2. The number of aryl methyl sites for hydroxylation is 2. The molecule has 3 aromatic rings. The zero-order valence-electron chi connectivity index (χ0n) is 16.5. The molecule has 0 atom stereocenters. The third kappa shape index (κ3) is 5.87. The van der Waals surface area contributed by atoms with E-state index < -0.39 is 6.55 Å². The Morgan fingerprint density at radius 1 is 1.24 bits per heavy atom. The Morgan fingerprint density at radius 2 is 2.03 bits per heavy atom. The molecule has 158 valence electrons. The number of hydrogen-bond donors (Lipinski definition) is 2. The molecule has 0 saturated heterocycles. The zero-order valence-corrected chi connectivity index (χ0v) is 18.8. The molecule has 0 bridgehead atoms. The molecule has 3 rings (SSSR count). The molecule has 2 aromatic heterocycles. The average Bonchev–Trinajstić information content (AvgIpc) is 3.27. The van der Waals surface area contributed by atoms with Gasteiger partial charge in [-0.3, -0.25) is 4.57 Å². The lowest BCUT2D eigenvalue weighted by Crippen LogP contribution is -2.38. The minimum absolute atomic E-state index is 0. The van der Waals surface area contributed by atoms with Gasteiger partial charge in [-0.25, -0.2) is 15.0 Å². The minimum atomic E-state index is -2.61. The van der Waals surface area contributed by atoms with Crippen LogP contribution in [0, 0.1) is 6.92 Å². The summed E-state index contributed by atoms with van der Waals surface area (Å²) in [4.78, 5) is 12.9. The summed E-state index contributed by atoms with van der Waals surface area (Å²) in [5.41, 5.74) is 2.12. The summed E-state index contributed by atoms with van der Waals surface area (Å²) < 4.78 is 28.8. The van der Waals surface area contributed by atoms with Crippen molar-refractivity contribution < 1.29 is 8.78 Å². The fraction of sp³-hybridized carbons (Fsp3) is 0.421. The normalized spacial score (nSPS) is 11.7. The van der Waals surface area contributed by atoms with Crippen molar-refractivity contribution in [2.24, 2.45) is 4.99 Å². The van der Waals surface area contributed by atoms with Gasteiger partial charge in [0, 0.05) is 32.0 Å². The van der Waals surface area contributed by atoms with E-state index in [4.69, 9.17) is 0 Å². The highest BCUT2D eigenvalue weighted by atomic mass is 127. The second-order valence-electron chi connectivity index (χ2n) is 6.30. The summed E-state index contributed by atoms with van der Waals surface area (Å²) in [6.07, 6.45) is 3.49. The smallest absolute Gasteiger partial charge is 0.319 e. The van der Waals surface area contributed by atoms with E-state index in [0.29, 0.717) is 19.0 Å². The van der Waals surface area contributed by atoms with Gasteiger partial charge in [0.2, 0.25) is 0 Å². The van der Waals surface area contributed by atoms with Gasteiger partial charge in [-0.15, -0.1) is 24.0 Å². The Hall–Kier alpha value is -2.24. The Balaban J connectivity index is 0.00000300. The van der Waals surface area contributed by atoms with E-state index in [1.54, 1.807) is 0 Å². The largest absolute Gasteiger partial charge is 0.357 e. The predicted octanol–water partition coefficient (Wildman–Crippen LogP) is 3.70. The third-order valence-electron chi connectivity index (χ3n) is 4.38. The highest BCUT2D eigenvalue weighted by Gasteiger charge is 2.11.